The third-order valence-electron chi connectivity index (χ3n) is 2.22. The van der Waals surface area contributed by atoms with Crippen LogP contribution in [0.1, 0.15) is 18.9 Å². The van der Waals surface area contributed by atoms with Gasteiger partial charge >= 0.3 is 5.97 Å². The van der Waals surface area contributed by atoms with Crippen LogP contribution in [0.15, 0.2) is 30.6 Å². The summed E-state index contributed by atoms with van der Waals surface area (Å²) in [6.07, 6.45) is 6.56. The summed E-state index contributed by atoms with van der Waals surface area (Å²) in [7, 11) is 1.32. The average molecular weight is 248 g/mol. The van der Waals surface area contributed by atoms with E-state index in [4.69, 9.17) is 0 Å². The summed E-state index contributed by atoms with van der Waals surface area (Å²) in [6.45, 7) is 1.75. The maximum absolute atomic E-state index is 11.5. The molecule has 1 rings (SSSR count). The van der Waals surface area contributed by atoms with Crippen LogP contribution in [0, 0.1) is 0 Å². The topological polar surface area (TPSA) is 68.3 Å². The summed E-state index contributed by atoms with van der Waals surface area (Å²) in [5.41, 5.74) is 0.890. The smallest absolute Gasteiger partial charge is 0.307 e. The fourth-order valence-electron chi connectivity index (χ4n) is 1.32. The number of hydrogen-bond donors (Lipinski definition) is 1. The highest BCUT2D eigenvalue weighted by atomic mass is 16.5. The number of hydrogen-bond acceptors (Lipinski definition) is 4. The van der Waals surface area contributed by atoms with Crippen LogP contribution in [0.25, 0.3) is 6.08 Å². The zero-order valence-corrected chi connectivity index (χ0v) is 10.4. The Morgan fingerprint density at radius 3 is 2.72 bits per heavy atom. The number of pyridine rings is 1. The molecular weight excluding hydrogens is 232 g/mol. The van der Waals surface area contributed by atoms with E-state index >= 15 is 0 Å². The molecule has 0 unspecified atom stereocenters. The molecule has 0 aliphatic carbocycles. The van der Waals surface area contributed by atoms with Crippen LogP contribution in [0.5, 0.6) is 0 Å². The van der Waals surface area contributed by atoms with Gasteiger partial charge in [-0.3, -0.25) is 14.6 Å². The standard InChI is InChI=1S/C13H16N2O3/c1-10(9-13(17)18-2)15-12(16)4-3-11-5-7-14-8-6-11/h3-8,10H,9H2,1-2H3,(H,15,16)/b4-3+/t10-/m0/s1. The molecular formula is C13H16N2O3. The van der Waals surface area contributed by atoms with E-state index in [1.807, 2.05) is 0 Å². The molecule has 0 radical (unpaired) electrons. The molecule has 0 aliphatic rings. The van der Waals surface area contributed by atoms with Crippen molar-refractivity contribution in [1.82, 2.24) is 10.3 Å². The van der Waals surface area contributed by atoms with Crippen LogP contribution >= 0.6 is 0 Å². The molecule has 1 amide bonds. The molecule has 1 heterocycles. The minimum atomic E-state index is -0.346. The third kappa shape index (κ3) is 5.25. The van der Waals surface area contributed by atoms with Gasteiger partial charge in [-0.2, -0.15) is 0 Å². The van der Waals surface area contributed by atoms with E-state index in [0.29, 0.717) is 0 Å². The van der Waals surface area contributed by atoms with Crippen LogP contribution in [-0.4, -0.2) is 30.0 Å². The number of esters is 1. The summed E-state index contributed by atoms with van der Waals surface area (Å²) in [5.74, 6) is -0.593. The summed E-state index contributed by atoms with van der Waals surface area (Å²) < 4.78 is 4.52. The highest BCUT2D eigenvalue weighted by molar-refractivity contribution is 5.92. The maximum Gasteiger partial charge on any atom is 0.307 e. The monoisotopic (exact) mass is 248 g/mol. The van der Waals surface area contributed by atoms with Crippen LogP contribution in [0.3, 0.4) is 0 Å². The molecule has 0 saturated carbocycles. The first-order valence-electron chi connectivity index (χ1n) is 5.57. The molecule has 0 fully saturated rings. The Hall–Kier alpha value is -2.17. The first-order chi connectivity index (χ1) is 8.61. The lowest BCUT2D eigenvalue weighted by molar-refractivity contribution is -0.141. The van der Waals surface area contributed by atoms with Crippen molar-refractivity contribution >= 4 is 18.0 Å². The average Bonchev–Trinajstić information content (AvgIpc) is 2.37. The van der Waals surface area contributed by atoms with Crippen molar-refractivity contribution in [1.29, 1.82) is 0 Å². The Kier molecular flexibility index (Phi) is 5.57. The number of carbonyl (C=O) groups is 2. The molecule has 0 aromatic carbocycles. The van der Waals surface area contributed by atoms with Gasteiger partial charge in [0.1, 0.15) is 0 Å². The van der Waals surface area contributed by atoms with E-state index in [2.05, 4.69) is 15.0 Å². The molecule has 1 N–H and O–H groups in total. The predicted molar refractivity (Wildman–Crippen MR) is 67.5 cm³/mol. The first-order valence-corrected chi connectivity index (χ1v) is 5.57. The van der Waals surface area contributed by atoms with Gasteiger partial charge in [0.2, 0.25) is 5.91 Å². The van der Waals surface area contributed by atoms with E-state index in [9.17, 15) is 9.59 Å². The molecule has 1 aromatic rings. The lowest BCUT2D eigenvalue weighted by atomic mass is 10.2. The van der Waals surface area contributed by atoms with Crippen molar-refractivity contribution in [2.24, 2.45) is 0 Å². The third-order valence-corrected chi connectivity index (χ3v) is 2.22. The quantitative estimate of drug-likeness (QED) is 0.627. The van der Waals surface area contributed by atoms with E-state index in [-0.39, 0.29) is 24.3 Å². The molecule has 1 atom stereocenters. The predicted octanol–water partition coefficient (Wildman–Crippen LogP) is 1.16. The first kappa shape index (κ1) is 13.9. The highest BCUT2D eigenvalue weighted by Gasteiger charge is 2.10. The second kappa shape index (κ2) is 7.21. The fraction of sp³-hybridized carbons (Fsp3) is 0.308. The van der Waals surface area contributed by atoms with Crippen LogP contribution in [0.2, 0.25) is 0 Å². The van der Waals surface area contributed by atoms with Gasteiger partial charge < -0.3 is 10.1 Å². The number of amides is 1. The van der Waals surface area contributed by atoms with Crippen LogP contribution in [0.4, 0.5) is 0 Å². The lowest BCUT2D eigenvalue weighted by Crippen LogP contribution is -2.33. The molecule has 96 valence electrons. The van der Waals surface area contributed by atoms with Crippen molar-refractivity contribution in [2.45, 2.75) is 19.4 Å². The second-order valence-electron chi connectivity index (χ2n) is 3.80. The van der Waals surface area contributed by atoms with Crippen molar-refractivity contribution in [3.63, 3.8) is 0 Å². The lowest BCUT2D eigenvalue weighted by Gasteiger charge is -2.10. The van der Waals surface area contributed by atoms with Crippen LogP contribution < -0.4 is 5.32 Å². The normalized spacial score (nSPS) is 12.1. The van der Waals surface area contributed by atoms with Crippen molar-refractivity contribution in [3.8, 4) is 0 Å². The van der Waals surface area contributed by atoms with Crippen LogP contribution in [-0.2, 0) is 14.3 Å². The van der Waals surface area contributed by atoms with E-state index in [0.717, 1.165) is 5.56 Å². The minimum Gasteiger partial charge on any atom is -0.469 e. The van der Waals surface area contributed by atoms with Gasteiger partial charge in [-0.15, -0.1) is 0 Å². The number of ether oxygens (including phenoxy) is 1. The number of methoxy groups -OCH3 is 1. The van der Waals surface area contributed by atoms with E-state index in [1.54, 1.807) is 37.5 Å². The maximum atomic E-state index is 11.5. The number of carbonyl (C=O) groups excluding carboxylic acids is 2. The van der Waals surface area contributed by atoms with Crippen molar-refractivity contribution < 1.29 is 14.3 Å². The molecule has 0 aliphatic heterocycles. The number of nitrogens with zero attached hydrogens (tertiary/aromatic N) is 1. The van der Waals surface area contributed by atoms with Gasteiger partial charge in [0, 0.05) is 24.5 Å². The van der Waals surface area contributed by atoms with E-state index < -0.39 is 0 Å². The zero-order valence-electron chi connectivity index (χ0n) is 10.4. The number of aromatic nitrogens is 1. The Morgan fingerprint density at radius 2 is 2.11 bits per heavy atom. The minimum absolute atomic E-state index is 0.158. The van der Waals surface area contributed by atoms with Crippen molar-refractivity contribution in [2.75, 3.05) is 7.11 Å². The van der Waals surface area contributed by atoms with Gasteiger partial charge in [0.05, 0.1) is 13.5 Å². The second-order valence-corrected chi connectivity index (χ2v) is 3.80. The van der Waals surface area contributed by atoms with E-state index in [1.165, 1.54) is 13.2 Å². The van der Waals surface area contributed by atoms with Gasteiger partial charge in [0.15, 0.2) is 0 Å². The van der Waals surface area contributed by atoms with Gasteiger partial charge in [-0.05, 0) is 30.7 Å². The van der Waals surface area contributed by atoms with Gasteiger partial charge in [-0.1, -0.05) is 0 Å². The Bertz CT molecular complexity index is 429. The molecule has 5 nitrogen and oxygen atoms in total. The Balaban J connectivity index is 2.42. The van der Waals surface area contributed by atoms with Gasteiger partial charge in [0.25, 0.3) is 0 Å². The van der Waals surface area contributed by atoms with Crippen molar-refractivity contribution in [3.05, 3.63) is 36.2 Å². The summed E-state index contributed by atoms with van der Waals surface area (Å²) in [6, 6.07) is 3.33. The Morgan fingerprint density at radius 1 is 1.44 bits per heavy atom. The molecule has 0 spiro atoms. The molecule has 0 saturated heterocycles. The summed E-state index contributed by atoms with van der Waals surface area (Å²) in [4.78, 5) is 26.4. The highest BCUT2D eigenvalue weighted by Crippen LogP contribution is 1.99. The Labute approximate surface area is 106 Å². The number of nitrogens with one attached hydrogen (secondary N) is 1. The molecule has 18 heavy (non-hydrogen) atoms. The van der Waals surface area contributed by atoms with Gasteiger partial charge in [-0.25, -0.2) is 0 Å². The zero-order chi connectivity index (χ0) is 13.4. The summed E-state index contributed by atoms with van der Waals surface area (Å²) >= 11 is 0. The molecule has 0 bridgehead atoms. The fourth-order valence-corrected chi connectivity index (χ4v) is 1.32. The molecule has 1 aromatic heterocycles. The number of rotatable bonds is 5. The molecule has 5 heteroatoms. The summed E-state index contributed by atoms with van der Waals surface area (Å²) in [5, 5.41) is 2.67. The largest absolute Gasteiger partial charge is 0.469 e. The SMILES string of the molecule is COC(=O)C[C@H](C)NC(=O)/C=C/c1ccncc1.